The summed E-state index contributed by atoms with van der Waals surface area (Å²) in [5.74, 6) is -2.75. The maximum Gasteiger partial charge on any atom is 0.421 e. The third-order valence-electron chi connectivity index (χ3n) is 4.38. The van der Waals surface area contributed by atoms with E-state index < -0.39 is 64.4 Å². The molecule has 2 aromatic heterocycles. The van der Waals surface area contributed by atoms with E-state index in [1.54, 1.807) is 5.32 Å². The van der Waals surface area contributed by atoms with Crippen LogP contribution >= 0.6 is 0 Å². The molecule has 186 valence electrons. The second-order valence-corrected chi connectivity index (χ2v) is 8.83. The Kier molecular flexibility index (Phi) is 5.57. The van der Waals surface area contributed by atoms with Crippen LogP contribution in [0, 0.1) is 0 Å². The third kappa shape index (κ3) is 6.32. The van der Waals surface area contributed by atoms with Crippen molar-refractivity contribution in [2.24, 2.45) is 0 Å². The average molecular weight is 516 g/mol. The van der Waals surface area contributed by atoms with E-state index in [0.29, 0.717) is 10.5 Å². The number of sulfonamides is 1. The predicted molar refractivity (Wildman–Crippen MR) is 123 cm³/mol. The number of hydrogen-bond donors (Lipinski definition) is 3. The molecule has 0 aliphatic rings. The minimum absolute atomic E-state index is 0.00981. The number of rotatable bonds is 8. The Labute approximate surface area is 205 Å². The van der Waals surface area contributed by atoms with Crippen molar-refractivity contribution < 1.29 is 33.2 Å². The zero-order valence-electron chi connectivity index (χ0n) is 23.0. The van der Waals surface area contributed by atoms with Crippen LogP contribution < -0.4 is 20.3 Å². The molecule has 3 aromatic rings. The summed E-state index contributed by atoms with van der Waals surface area (Å²) >= 11 is 0. The summed E-state index contributed by atoms with van der Waals surface area (Å²) in [7, 11) is -2.86. The van der Waals surface area contributed by atoms with Crippen molar-refractivity contribution in [3.63, 3.8) is 0 Å². The molecule has 0 saturated heterocycles. The molecule has 3 rings (SSSR count). The third-order valence-corrected chi connectivity index (χ3v) is 5.55. The lowest BCUT2D eigenvalue weighted by Crippen LogP contribution is -2.27. The fourth-order valence-corrected chi connectivity index (χ4v) is 3.02. The molecule has 15 heteroatoms. The Morgan fingerprint density at radius 3 is 2.49 bits per heavy atom. The van der Waals surface area contributed by atoms with Gasteiger partial charge in [0.15, 0.2) is 5.82 Å². The van der Waals surface area contributed by atoms with Gasteiger partial charge in [-0.25, -0.2) is 18.4 Å². The van der Waals surface area contributed by atoms with E-state index in [1.807, 2.05) is 5.32 Å². The Morgan fingerprint density at radius 2 is 1.86 bits per heavy atom. The van der Waals surface area contributed by atoms with Gasteiger partial charge in [0, 0.05) is 48.0 Å². The molecule has 1 amide bonds. The zero-order chi connectivity index (χ0) is 30.1. The van der Waals surface area contributed by atoms with Crippen LogP contribution in [0.1, 0.15) is 28.5 Å². The molecular weight excluding hydrogens is 489 g/mol. The van der Waals surface area contributed by atoms with Gasteiger partial charge in [-0.05, 0) is 24.3 Å². The second-order valence-electron chi connectivity index (χ2n) is 6.82. The number of carbonyl (C=O) groups excluding carboxylic acids is 1. The number of benzene rings is 1. The normalized spacial score (nSPS) is 14.5. The lowest BCUT2D eigenvalue weighted by atomic mass is 10.2. The summed E-state index contributed by atoms with van der Waals surface area (Å²) in [4.78, 5) is 26.9. The number of nitrogens with zero attached hydrogens (tertiary/aromatic N) is 5. The average Bonchev–Trinajstić information content (AvgIpc) is 2.81. The molecule has 0 radical (unpaired) electrons. The number of carbonyl (C=O) groups is 1. The Balaban J connectivity index is 1.95. The molecule has 1 aromatic carbocycles. The SMILES string of the molecule is [2H]C([2H])([2H])NC(=O)c1ccc(Nc2ncc(C(F)(F)F)c(NC([2H])([2H])c3nccnc3N(C)S(C)(=O)=O)n2)cc1. The van der Waals surface area contributed by atoms with Crippen LogP contribution in [0.25, 0.3) is 0 Å². The fourth-order valence-electron chi connectivity index (χ4n) is 2.58. The van der Waals surface area contributed by atoms with Crippen LogP contribution in [0.15, 0.2) is 42.9 Å². The molecule has 0 unspecified atom stereocenters. The maximum absolute atomic E-state index is 13.7. The van der Waals surface area contributed by atoms with E-state index >= 15 is 0 Å². The molecule has 35 heavy (non-hydrogen) atoms. The van der Waals surface area contributed by atoms with Crippen molar-refractivity contribution in [1.29, 1.82) is 0 Å². The minimum atomic E-state index is -5.01. The van der Waals surface area contributed by atoms with Gasteiger partial charge in [0.05, 0.1) is 15.5 Å². The molecule has 0 spiro atoms. The van der Waals surface area contributed by atoms with E-state index in [9.17, 15) is 26.4 Å². The largest absolute Gasteiger partial charge is 0.421 e. The number of anilines is 4. The molecule has 0 atom stereocenters. The summed E-state index contributed by atoms with van der Waals surface area (Å²) in [6.45, 7) is -5.62. The summed E-state index contributed by atoms with van der Waals surface area (Å²) in [5, 5.41) is 6.43. The van der Waals surface area contributed by atoms with E-state index in [-0.39, 0.29) is 11.3 Å². The first kappa shape index (κ1) is 19.3. The lowest BCUT2D eigenvalue weighted by molar-refractivity contribution is -0.137. The molecule has 0 aliphatic carbocycles. The number of halogens is 3. The van der Waals surface area contributed by atoms with Crippen LogP contribution in [0.4, 0.5) is 36.4 Å². The Morgan fingerprint density at radius 1 is 1.17 bits per heavy atom. The number of hydrogen-bond acceptors (Lipinski definition) is 9. The van der Waals surface area contributed by atoms with Gasteiger partial charge in [0.2, 0.25) is 16.0 Å². The highest BCUT2D eigenvalue weighted by molar-refractivity contribution is 7.92. The van der Waals surface area contributed by atoms with Crippen molar-refractivity contribution in [2.45, 2.75) is 12.7 Å². The smallest absolute Gasteiger partial charge is 0.364 e. The van der Waals surface area contributed by atoms with Gasteiger partial charge in [0.25, 0.3) is 5.91 Å². The van der Waals surface area contributed by atoms with Crippen molar-refractivity contribution in [2.75, 3.05) is 35.2 Å². The van der Waals surface area contributed by atoms with E-state index in [1.165, 1.54) is 24.3 Å². The maximum atomic E-state index is 13.7. The van der Waals surface area contributed by atoms with Gasteiger partial charge in [-0.1, -0.05) is 0 Å². The zero-order valence-corrected chi connectivity index (χ0v) is 18.9. The highest BCUT2D eigenvalue weighted by Crippen LogP contribution is 2.34. The number of amides is 1. The van der Waals surface area contributed by atoms with Gasteiger partial charge in [0.1, 0.15) is 17.1 Å². The van der Waals surface area contributed by atoms with Crippen LogP contribution in [0.5, 0.6) is 0 Å². The van der Waals surface area contributed by atoms with E-state index in [0.717, 1.165) is 25.7 Å². The Bertz CT molecular complexity index is 1510. The first-order valence-electron chi connectivity index (χ1n) is 12.0. The molecular formula is C20H21F3N8O3S. The lowest BCUT2D eigenvalue weighted by Gasteiger charge is -2.19. The summed E-state index contributed by atoms with van der Waals surface area (Å²) in [5.41, 5.74) is -1.87. The van der Waals surface area contributed by atoms with Gasteiger partial charge in [-0.2, -0.15) is 18.2 Å². The molecule has 0 bridgehead atoms. The molecule has 0 fully saturated rings. The standard InChI is InChI=1S/C20H21F3N8O3S/c1-24-18(32)12-4-6-13(7-5-12)29-19-28-10-14(20(21,22)23)16(30-19)27-11-15-17(26-9-8-25-15)31(2)35(3,33)34/h4-10H,11H2,1-3H3,(H,24,32)(H2,27,28,29,30)/i1D3,11D2. The van der Waals surface area contributed by atoms with Crippen molar-refractivity contribution in [1.82, 2.24) is 25.3 Å². The summed E-state index contributed by atoms with van der Waals surface area (Å²) in [6.07, 6.45) is -1.66. The van der Waals surface area contributed by atoms with E-state index in [4.69, 9.17) is 6.85 Å². The number of alkyl halides is 3. The van der Waals surface area contributed by atoms with Gasteiger partial charge < -0.3 is 16.0 Å². The first-order chi connectivity index (χ1) is 18.3. The predicted octanol–water partition coefficient (Wildman–Crippen LogP) is 2.40. The van der Waals surface area contributed by atoms with E-state index in [2.05, 4.69) is 25.3 Å². The summed E-state index contributed by atoms with van der Waals surface area (Å²) in [6, 6.07) is 5.13. The van der Waals surface area contributed by atoms with Crippen molar-refractivity contribution in [3.8, 4) is 0 Å². The second kappa shape index (κ2) is 10.1. The van der Waals surface area contributed by atoms with Crippen LogP contribution in [0.2, 0.25) is 0 Å². The highest BCUT2D eigenvalue weighted by Gasteiger charge is 2.35. The minimum Gasteiger partial charge on any atom is -0.364 e. The van der Waals surface area contributed by atoms with Crippen LogP contribution in [-0.4, -0.2) is 54.5 Å². The van der Waals surface area contributed by atoms with Gasteiger partial charge in [-0.15, -0.1) is 0 Å². The van der Waals surface area contributed by atoms with Gasteiger partial charge in [-0.3, -0.25) is 14.1 Å². The molecule has 0 aliphatic heterocycles. The number of nitrogens with one attached hydrogen (secondary N) is 3. The highest BCUT2D eigenvalue weighted by atomic mass is 32.2. The summed E-state index contributed by atoms with van der Waals surface area (Å²) < 4.78 is 104. The molecule has 3 N–H and O–H groups in total. The number of aromatic nitrogens is 4. The first-order valence-corrected chi connectivity index (χ1v) is 11.3. The molecule has 0 saturated carbocycles. The van der Waals surface area contributed by atoms with Gasteiger partial charge >= 0.3 is 6.18 Å². The quantitative estimate of drug-likeness (QED) is 0.412. The Hall–Kier alpha value is -4.01. The topological polar surface area (TPSA) is 142 Å². The molecule has 11 nitrogen and oxygen atoms in total. The fraction of sp³-hybridized carbons (Fsp3) is 0.250. The van der Waals surface area contributed by atoms with Crippen molar-refractivity contribution >= 4 is 39.2 Å². The van der Waals surface area contributed by atoms with Crippen LogP contribution in [-0.2, 0) is 22.7 Å². The van der Waals surface area contributed by atoms with Crippen molar-refractivity contribution in [3.05, 3.63) is 59.7 Å². The monoisotopic (exact) mass is 515 g/mol. The molecule has 2 heterocycles. The van der Waals surface area contributed by atoms with Crippen LogP contribution in [0.3, 0.4) is 0 Å².